The molecule has 2 aromatic rings. The first-order chi connectivity index (χ1) is 10.2. The van der Waals surface area contributed by atoms with E-state index in [9.17, 15) is 4.79 Å². The molecular formula is C15H16N2O4. The Morgan fingerprint density at radius 2 is 2.05 bits per heavy atom. The first-order valence-corrected chi connectivity index (χ1v) is 6.92. The van der Waals surface area contributed by atoms with E-state index in [1.807, 2.05) is 6.07 Å². The zero-order valence-electron chi connectivity index (χ0n) is 11.7. The Kier molecular flexibility index (Phi) is 3.96. The van der Waals surface area contributed by atoms with Gasteiger partial charge < -0.3 is 14.0 Å². The molecule has 0 saturated carbocycles. The molecule has 110 valence electrons. The zero-order chi connectivity index (χ0) is 14.7. The number of carbonyl (C=O) groups excluding carboxylic acids is 1. The third-order valence-corrected chi connectivity index (χ3v) is 3.35. The number of hydrogen-bond acceptors (Lipinski definition) is 6. The van der Waals surface area contributed by atoms with Crippen molar-refractivity contribution >= 4 is 5.97 Å². The summed E-state index contributed by atoms with van der Waals surface area (Å²) < 4.78 is 15.9. The molecule has 6 nitrogen and oxygen atoms in total. The van der Waals surface area contributed by atoms with Crippen molar-refractivity contribution < 1.29 is 18.8 Å². The molecule has 0 unspecified atom stereocenters. The fraction of sp³-hybridized carbons (Fsp3) is 0.400. The maximum Gasteiger partial charge on any atom is 0.339 e. The lowest BCUT2D eigenvalue weighted by molar-refractivity contribution is -0.0158. The van der Waals surface area contributed by atoms with Crippen LogP contribution in [-0.4, -0.2) is 35.4 Å². The topological polar surface area (TPSA) is 74.5 Å². The summed E-state index contributed by atoms with van der Waals surface area (Å²) in [6.45, 7) is 2.99. The molecule has 6 heteroatoms. The van der Waals surface area contributed by atoms with Crippen LogP contribution in [0.2, 0.25) is 0 Å². The van der Waals surface area contributed by atoms with Crippen LogP contribution >= 0.6 is 0 Å². The molecular weight excluding hydrogens is 272 g/mol. The smallest absolute Gasteiger partial charge is 0.339 e. The van der Waals surface area contributed by atoms with E-state index < -0.39 is 0 Å². The molecule has 1 aromatic heterocycles. The number of aromatic nitrogens is 2. The number of esters is 1. The lowest BCUT2D eigenvalue weighted by atomic mass is 10.1. The van der Waals surface area contributed by atoms with Gasteiger partial charge in [0, 0.05) is 12.8 Å². The van der Waals surface area contributed by atoms with Gasteiger partial charge in [-0.3, -0.25) is 0 Å². The van der Waals surface area contributed by atoms with E-state index in [0.29, 0.717) is 36.1 Å². The fourth-order valence-electron chi connectivity index (χ4n) is 2.26. The van der Waals surface area contributed by atoms with E-state index in [1.165, 1.54) is 0 Å². The predicted molar refractivity (Wildman–Crippen MR) is 73.7 cm³/mol. The summed E-state index contributed by atoms with van der Waals surface area (Å²) in [5.74, 6) is 0.484. The molecule has 0 N–H and O–H groups in total. The summed E-state index contributed by atoms with van der Waals surface area (Å²) in [5, 5.41) is 3.75. The van der Waals surface area contributed by atoms with Gasteiger partial charge in [-0.15, -0.1) is 0 Å². The normalized spacial score (nSPS) is 15.9. The lowest BCUT2D eigenvalue weighted by Crippen LogP contribution is -2.26. The molecule has 1 aliphatic rings. The second kappa shape index (κ2) is 6.05. The Morgan fingerprint density at radius 1 is 1.29 bits per heavy atom. The third kappa shape index (κ3) is 3.11. The molecule has 0 radical (unpaired) electrons. The van der Waals surface area contributed by atoms with Crippen LogP contribution in [0.3, 0.4) is 0 Å². The van der Waals surface area contributed by atoms with E-state index in [1.54, 1.807) is 25.1 Å². The number of rotatable bonds is 3. The van der Waals surface area contributed by atoms with Gasteiger partial charge in [-0.2, -0.15) is 4.98 Å². The monoisotopic (exact) mass is 288 g/mol. The van der Waals surface area contributed by atoms with Crippen LogP contribution in [0.4, 0.5) is 0 Å². The summed E-state index contributed by atoms with van der Waals surface area (Å²) >= 11 is 0. The highest BCUT2D eigenvalue weighted by atomic mass is 16.6. The van der Waals surface area contributed by atoms with Gasteiger partial charge in [-0.05, 0) is 19.1 Å². The summed E-state index contributed by atoms with van der Waals surface area (Å²) in [5.41, 5.74) is 1.03. The third-order valence-electron chi connectivity index (χ3n) is 3.35. The molecule has 1 aromatic carbocycles. The summed E-state index contributed by atoms with van der Waals surface area (Å²) in [6, 6.07) is 7.08. The van der Waals surface area contributed by atoms with Crippen LogP contribution in [0, 0.1) is 6.92 Å². The number of hydrogen-bond donors (Lipinski definition) is 0. The van der Waals surface area contributed by atoms with Crippen LogP contribution < -0.4 is 0 Å². The van der Waals surface area contributed by atoms with E-state index in [2.05, 4.69) is 10.1 Å². The number of ether oxygens (including phenoxy) is 2. The largest absolute Gasteiger partial charge is 0.459 e. The van der Waals surface area contributed by atoms with Crippen molar-refractivity contribution in [2.45, 2.75) is 25.9 Å². The van der Waals surface area contributed by atoms with Crippen molar-refractivity contribution in [3.05, 3.63) is 35.7 Å². The number of nitrogens with zero attached hydrogens (tertiary/aromatic N) is 2. The SMILES string of the molecule is Cc1noc(-c2ccccc2C(=O)OC2CCOCC2)n1. The van der Waals surface area contributed by atoms with E-state index in [0.717, 1.165) is 12.8 Å². The molecule has 0 spiro atoms. The molecule has 1 fully saturated rings. The summed E-state index contributed by atoms with van der Waals surface area (Å²) in [7, 11) is 0. The van der Waals surface area contributed by atoms with Crippen molar-refractivity contribution in [1.29, 1.82) is 0 Å². The number of aryl methyl sites for hydroxylation is 1. The van der Waals surface area contributed by atoms with Gasteiger partial charge in [-0.1, -0.05) is 17.3 Å². The molecule has 1 aliphatic heterocycles. The fourth-order valence-corrected chi connectivity index (χ4v) is 2.26. The van der Waals surface area contributed by atoms with Gasteiger partial charge in [-0.25, -0.2) is 4.79 Å². The summed E-state index contributed by atoms with van der Waals surface area (Å²) in [6.07, 6.45) is 1.37. The van der Waals surface area contributed by atoms with Crippen molar-refractivity contribution in [3.63, 3.8) is 0 Å². The minimum absolute atomic E-state index is 0.0938. The summed E-state index contributed by atoms with van der Waals surface area (Å²) in [4.78, 5) is 16.5. The average Bonchev–Trinajstić information content (AvgIpc) is 2.95. The van der Waals surface area contributed by atoms with Crippen LogP contribution in [-0.2, 0) is 9.47 Å². The Morgan fingerprint density at radius 3 is 2.76 bits per heavy atom. The highest BCUT2D eigenvalue weighted by molar-refractivity contribution is 5.96. The second-order valence-corrected chi connectivity index (χ2v) is 4.91. The molecule has 0 amide bonds. The molecule has 0 bridgehead atoms. The minimum atomic E-state index is -0.367. The maximum absolute atomic E-state index is 12.4. The molecule has 0 atom stereocenters. The molecule has 3 rings (SSSR count). The lowest BCUT2D eigenvalue weighted by Gasteiger charge is -2.22. The Balaban J connectivity index is 1.82. The van der Waals surface area contributed by atoms with Gasteiger partial charge in [0.05, 0.1) is 24.3 Å². The van der Waals surface area contributed by atoms with Crippen molar-refractivity contribution in [1.82, 2.24) is 10.1 Å². The Labute approximate surface area is 122 Å². The Bertz CT molecular complexity index is 632. The average molecular weight is 288 g/mol. The number of benzene rings is 1. The second-order valence-electron chi connectivity index (χ2n) is 4.91. The zero-order valence-corrected chi connectivity index (χ0v) is 11.7. The number of carbonyl (C=O) groups is 1. The van der Waals surface area contributed by atoms with Gasteiger partial charge >= 0.3 is 5.97 Å². The standard InChI is InChI=1S/C15H16N2O4/c1-10-16-14(21-17-10)12-4-2-3-5-13(12)15(18)20-11-6-8-19-9-7-11/h2-5,11H,6-9H2,1H3. The van der Waals surface area contributed by atoms with Crippen LogP contribution in [0.1, 0.15) is 29.0 Å². The molecule has 21 heavy (non-hydrogen) atoms. The molecule has 2 heterocycles. The predicted octanol–water partition coefficient (Wildman–Crippen LogP) is 2.38. The van der Waals surface area contributed by atoms with Crippen LogP contribution in [0.5, 0.6) is 0 Å². The van der Waals surface area contributed by atoms with Gasteiger partial charge in [0.2, 0.25) is 0 Å². The quantitative estimate of drug-likeness (QED) is 0.807. The highest BCUT2D eigenvalue weighted by Crippen LogP contribution is 2.24. The maximum atomic E-state index is 12.4. The molecule has 0 aliphatic carbocycles. The molecule has 1 saturated heterocycles. The van der Waals surface area contributed by atoms with Crippen molar-refractivity contribution in [2.24, 2.45) is 0 Å². The van der Waals surface area contributed by atoms with E-state index >= 15 is 0 Å². The van der Waals surface area contributed by atoms with Crippen molar-refractivity contribution in [2.75, 3.05) is 13.2 Å². The first kappa shape index (κ1) is 13.8. The van der Waals surface area contributed by atoms with Gasteiger partial charge in [0.25, 0.3) is 5.89 Å². The first-order valence-electron chi connectivity index (χ1n) is 6.92. The van der Waals surface area contributed by atoms with Crippen LogP contribution in [0.25, 0.3) is 11.5 Å². The minimum Gasteiger partial charge on any atom is -0.459 e. The highest BCUT2D eigenvalue weighted by Gasteiger charge is 2.22. The van der Waals surface area contributed by atoms with Gasteiger partial charge in [0.1, 0.15) is 6.10 Å². The van der Waals surface area contributed by atoms with Crippen LogP contribution in [0.15, 0.2) is 28.8 Å². The van der Waals surface area contributed by atoms with Gasteiger partial charge in [0.15, 0.2) is 5.82 Å². The van der Waals surface area contributed by atoms with E-state index in [4.69, 9.17) is 14.0 Å². The van der Waals surface area contributed by atoms with Crippen molar-refractivity contribution in [3.8, 4) is 11.5 Å². The van der Waals surface area contributed by atoms with E-state index in [-0.39, 0.29) is 12.1 Å². The Hall–Kier alpha value is -2.21.